The highest BCUT2D eigenvalue weighted by atomic mass is 19.1. The Morgan fingerprint density at radius 1 is 1.08 bits per heavy atom. The maximum atomic E-state index is 13.1. The van der Waals surface area contributed by atoms with Crippen LogP contribution in [0, 0.1) is 5.82 Å². The highest BCUT2D eigenvalue weighted by Gasteiger charge is 2.28. The molecule has 4 rings (SSSR count). The fraction of sp³-hybridized carbons (Fsp3) is 0.412. The molecule has 0 aliphatic carbocycles. The van der Waals surface area contributed by atoms with Crippen molar-refractivity contribution in [2.24, 2.45) is 0 Å². The number of aromatic nitrogens is 2. The molecule has 0 N–H and O–H groups in total. The summed E-state index contributed by atoms with van der Waals surface area (Å²) in [7, 11) is 0. The molecule has 1 fully saturated rings. The maximum absolute atomic E-state index is 13.1. The highest BCUT2D eigenvalue weighted by molar-refractivity contribution is 5.74. The second-order valence-electron chi connectivity index (χ2n) is 6.04. The first-order chi connectivity index (χ1) is 11.7. The third-order valence-electron chi connectivity index (χ3n) is 4.57. The number of morpholine rings is 1. The van der Waals surface area contributed by atoms with Crippen molar-refractivity contribution in [2.75, 3.05) is 32.8 Å². The number of urea groups is 1. The average molecular weight is 330 g/mol. The number of nitrogens with zero attached hydrogens (tertiary/aromatic N) is 4. The number of carbonyl (C=O) groups excluding carboxylic acids is 1. The Balaban J connectivity index is 1.52. The molecule has 2 amide bonds. The van der Waals surface area contributed by atoms with E-state index in [4.69, 9.17) is 4.74 Å². The summed E-state index contributed by atoms with van der Waals surface area (Å²) < 4.78 is 20.4. The van der Waals surface area contributed by atoms with Crippen LogP contribution < -0.4 is 0 Å². The van der Waals surface area contributed by atoms with Gasteiger partial charge in [0.15, 0.2) is 0 Å². The number of amides is 2. The Kier molecular flexibility index (Phi) is 3.93. The summed E-state index contributed by atoms with van der Waals surface area (Å²) in [4.78, 5) is 20.7. The van der Waals surface area contributed by atoms with Crippen LogP contribution in [0.25, 0.3) is 5.69 Å². The van der Waals surface area contributed by atoms with E-state index in [1.165, 1.54) is 12.1 Å². The predicted molar refractivity (Wildman–Crippen MR) is 85.4 cm³/mol. The van der Waals surface area contributed by atoms with Gasteiger partial charge >= 0.3 is 6.03 Å². The van der Waals surface area contributed by atoms with E-state index in [2.05, 4.69) is 4.98 Å². The maximum Gasteiger partial charge on any atom is 0.320 e. The fourth-order valence-corrected chi connectivity index (χ4v) is 3.25. The van der Waals surface area contributed by atoms with Crippen molar-refractivity contribution in [2.45, 2.75) is 13.0 Å². The first-order valence-electron chi connectivity index (χ1n) is 8.15. The first-order valence-corrected chi connectivity index (χ1v) is 8.15. The van der Waals surface area contributed by atoms with Crippen LogP contribution in [0.2, 0.25) is 0 Å². The van der Waals surface area contributed by atoms with E-state index >= 15 is 0 Å². The lowest BCUT2D eigenvalue weighted by Crippen LogP contribution is -2.49. The molecule has 126 valence electrons. The largest absolute Gasteiger partial charge is 0.378 e. The molecule has 0 bridgehead atoms. The predicted octanol–water partition coefficient (Wildman–Crippen LogP) is 1.82. The van der Waals surface area contributed by atoms with Crippen LogP contribution >= 0.6 is 0 Å². The molecule has 0 radical (unpaired) electrons. The standard InChI is InChI=1S/C17H19FN4O2/c18-13-1-3-14(4-2-13)22-12-19-15-11-21(6-5-16(15)22)17(23)20-7-9-24-10-8-20/h1-4,12H,5-11H2. The van der Waals surface area contributed by atoms with Crippen LogP contribution in [0.15, 0.2) is 30.6 Å². The molecule has 7 heteroatoms. The van der Waals surface area contributed by atoms with E-state index in [0.717, 1.165) is 23.5 Å². The molecule has 1 aromatic carbocycles. The van der Waals surface area contributed by atoms with E-state index in [-0.39, 0.29) is 11.8 Å². The van der Waals surface area contributed by atoms with Crippen molar-refractivity contribution in [1.82, 2.24) is 19.4 Å². The lowest BCUT2D eigenvalue weighted by molar-refractivity contribution is 0.0420. The number of halogens is 1. The molecule has 2 aromatic rings. The zero-order valence-corrected chi connectivity index (χ0v) is 13.3. The molecule has 2 aliphatic heterocycles. The van der Waals surface area contributed by atoms with Crippen molar-refractivity contribution in [3.63, 3.8) is 0 Å². The number of hydrogen-bond donors (Lipinski definition) is 0. The molecule has 0 unspecified atom stereocenters. The lowest BCUT2D eigenvalue weighted by Gasteiger charge is -2.34. The van der Waals surface area contributed by atoms with Crippen LogP contribution in [0.3, 0.4) is 0 Å². The molecule has 6 nitrogen and oxygen atoms in total. The zero-order chi connectivity index (χ0) is 16.5. The summed E-state index contributed by atoms with van der Waals surface area (Å²) >= 11 is 0. The number of rotatable bonds is 1. The molecule has 0 spiro atoms. The van der Waals surface area contributed by atoms with E-state index in [1.807, 2.05) is 14.4 Å². The van der Waals surface area contributed by atoms with Crippen molar-refractivity contribution in [3.05, 3.63) is 47.8 Å². The molecule has 3 heterocycles. The number of imidazole rings is 1. The monoisotopic (exact) mass is 330 g/mol. The Morgan fingerprint density at radius 3 is 2.58 bits per heavy atom. The van der Waals surface area contributed by atoms with Gasteiger partial charge in [-0.15, -0.1) is 0 Å². The van der Waals surface area contributed by atoms with E-state index in [0.29, 0.717) is 39.4 Å². The second kappa shape index (κ2) is 6.24. The number of carbonyl (C=O) groups is 1. The third-order valence-corrected chi connectivity index (χ3v) is 4.57. The van der Waals surface area contributed by atoms with Crippen LogP contribution in [0.5, 0.6) is 0 Å². The van der Waals surface area contributed by atoms with E-state index < -0.39 is 0 Å². The molecule has 24 heavy (non-hydrogen) atoms. The fourth-order valence-electron chi connectivity index (χ4n) is 3.25. The Labute approximate surface area is 139 Å². The van der Waals surface area contributed by atoms with Gasteiger partial charge in [0.05, 0.1) is 31.8 Å². The molecule has 1 saturated heterocycles. The summed E-state index contributed by atoms with van der Waals surface area (Å²) in [6.07, 6.45) is 2.49. The van der Waals surface area contributed by atoms with Crippen LogP contribution in [0.4, 0.5) is 9.18 Å². The van der Waals surface area contributed by atoms with Crippen LogP contribution in [-0.4, -0.2) is 58.2 Å². The van der Waals surface area contributed by atoms with Gasteiger partial charge in [-0.1, -0.05) is 0 Å². The summed E-state index contributed by atoms with van der Waals surface area (Å²) in [6, 6.07) is 6.42. The Bertz CT molecular complexity index is 738. The molecule has 1 aromatic heterocycles. The van der Waals surface area contributed by atoms with Crippen LogP contribution in [0.1, 0.15) is 11.4 Å². The summed E-state index contributed by atoms with van der Waals surface area (Å²) in [5.41, 5.74) is 2.89. The second-order valence-corrected chi connectivity index (χ2v) is 6.04. The number of ether oxygens (including phenoxy) is 1. The molecule has 2 aliphatic rings. The van der Waals surface area contributed by atoms with Crippen molar-refractivity contribution in [3.8, 4) is 5.69 Å². The molecular weight excluding hydrogens is 311 g/mol. The average Bonchev–Trinajstić information content (AvgIpc) is 3.05. The minimum absolute atomic E-state index is 0.0558. The normalized spacial score (nSPS) is 17.7. The lowest BCUT2D eigenvalue weighted by atomic mass is 10.1. The quantitative estimate of drug-likeness (QED) is 0.801. The number of hydrogen-bond acceptors (Lipinski definition) is 3. The Morgan fingerprint density at radius 2 is 1.83 bits per heavy atom. The van der Waals surface area contributed by atoms with E-state index in [9.17, 15) is 9.18 Å². The molecule has 0 atom stereocenters. The molecular formula is C17H19FN4O2. The van der Waals surface area contributed by atoms with Gasteiger partial charge in [0.1, 0.15) is 5.82 Å². The van der Waals surface area contributed by atoms with Gasteiger partial charge in [0.2, 0.25) is 0 Å². The third kappa shape index (κ3) is 2.75. The number of fused-ring (bicyclic) bond motifs is 1. The van der Waals surface area contributed by atoms with Crippen molar-refractivity contribution >= 4 is 6.03 Å². The summed E-state index contributed by atoms with van der Waals surface area (Å²) in [6.45, 7) is 3.67. The zero-order valence-electron chi connectivity index (χ0n) is 13.3. The van der Waals surface area contributed by atoms with Gasteiger partial charge in [-0.3, -0.25) is 0 Å². The van der Waals surface area contributed by atoms with Gasteiger partial charge in [0.25, 0.3) is 0 Å². The Hall–Kier alpha value is -2.41. The SMILES string of the molecule is O=C(N1CCOCC1)N1CCc2c(ncn2-c2ccc(F)cc2)C1. The number of benzene rings is 1. The molecule has 0 saturated carbocycles. The summed E-state index contributed by atoms with van der Waals surface area (Å²) in [5.74, 6) is -0.255. The smallest absolute Gasteiger partial charge is 0.320 e. The van der Waals surface area contributed by atoms with Crippen molar-refractivity contribution in [1.29, 1.82) is 0 Å². The topological polar surface area (TPSA) is 50.6 Å². The van der Waals surface area contributed by atoms with Gasteiger partial charge < -0.3 is 19.1 Å². The van der Waals surface area contributed by atoms with Gasteiger partial charge in [-0.05, 0) is 24.3 Å². The van der Waals surface area contributed by atoms with Crippen LogP contribution in [-0.2, 0) is 17.7 Å². The first kappa shape index (κ1) is 15.1. The van der Waals surface area contributed by atoms with Crippen molar-refractivity contribution < 1.29 is 13.9 Å². The summed E-state index contributed by atoms with van der Waals surface area (Å²) in [5, 5.41) is 0. The van der Waals surface area contributed by atoms with Gasteiger partial charge in [-0.2, -0.15) is 0 Å². The minimum atomic E-state index is -0.255. The minimum Gasteiger partial charge on any atom is -0.378 e. The van der Waals surface area contributed by atoms with Gasteiger partial charge in [-0.25, -0.2) is 14.2 Å². The highest BCUT2D eigenvalue weighted by Crippen LogP contribution is 2.22. The van der Waals surface area contributed by atoms with Gasteiger partial charge in [0, 0.05) is 37.4 Å². The van der Waals surface area contributed by atoms with E-state index in [1.54, 1.807) is 18.5 Å².